The van der Waals surface area contributed by atoms with Gasteiger partial charge in [0, 0.05) is 4.47 Å². The molecule has 1 aliphatic rings. The molecule has 6 heteroatoms. The minimum atomic E-state index is -0.281. The molecule has 0 N–H and O–H groups in total. The average Bonchev–Trinajstić information content (AvgIpc) is 2.62. The fourth-order valence-electron chi connectivity index (χ4n) is 1.65. The third kappa shape index (κ3) is 1.33. The SMILES string of the molecule is O=C1CSc2nc3ccc(Br)cc3c(=O)n21. The summed E-state index contributed by atoms with van der Waals surface area (Å²) in [6.07, 6.45) is 0. The Bertz CT molecular complexity index is 680. The highest BCUT2D eigenvalue weighted by atomic mass is 79.9. The van der Waals surface area contributed by atoms with E-state index in [1.807, 2.05) is 6.07 Å². The molecular formula is C10H5BrN2O2S. The number of halogens is 1. The van der Waals surface area contributed by atoms with E-state index in [-0.39, 0.29) is 11.5 Å². The maximum atomic E-state index is 12.1. The predicted molar refractivity (Wildman–Crippen MR) is 65.1 cm³/mol. The van der Waals surface area contributed by atoms with Crippen LogP contribution in [-0.4, -0.2) is 21.2 Å². The third-order valence-electron chi connectivity index (χ3n) is 2.37. The van der Waals surface area contributed by atoms with Crippen molar-refractivity contribution in [1.29, 1.82) is 0 Å². The highest BCUT2D eigenvalue weighted by Gasteiger charge is 2.23. The number of hydrogen-bond donors (Lipinski definition) is 0. The van der Waals surface area contributed by atoms with Gasteiger partial charge < -0.3 is 0 Å². The van der Waals surface area contributed by atoms with Crippen LogP contribution in [0.15, 0.2) is 32.6 Å². The summed E-state index contributed by atoms with van der Waals surface area (Å²) in [6.45, 7) is 0. The van der Waals surface area contributed by atoms with Gasteiger partial charge in [0.25, 0.3) is 5.56 Å². The second-order valence-corrected chi connectivity index (χ2v) is 5.24. The number of benzene rings is 1. The zero-order chi connectivity index (χ0) is 11.3. The summed E-state index contributed by atoms with van der Waals surface area (Å²) in [6, 6.07) is 5.28. The molecule has 2 aromatic rings. The van der Waals surface area contributed by atoms with Crippen molar-refractivity contribution < 1.29 is 4.79 Å². The largest absolute Gasteiger partial charge is 0.273 e. The summed E-state index contributed by atoms with van der Waals surface area (Å²) in [5.74, 6) is 0.0964. The Morgan fingerprint density at radius 3 is 3.00 bits per heavy atom. The lowest BCUT2D eigenvalue weighted by Crippen LogP contribution is -2.25. The van der Waals surface area contributed by atoms with Gasteiger partial charge in [-0.1, -0.05) is 27.7 Å². The highest BCUT2D eigenvalue weighted by Crippen LogP contribution is 2.24. The lowest BCUT2D eigenvalue weighted by Gasteiger charge is -2.02. The van der Waals surface area contributed by atoms with Gasteiger partial charge in [-0.25, -0.2) is 9.55 Å². The van der Waals surface area contributed by atoms with Crippen LogP contribution < -0.4 is 5.56 Å². The van der Waals surface area contributed by atoms with Gasteiger partial charge in [0.15, 0.2) is 5.16 Å². The van der Waals surface area contributed by atoms with Gasteiger partial charge in [0.05, 0.1) is 16.7 Å². The Morgan fingerprint density at radius 2 is 2.19 bits per heavy atom. The fourth-order valence-corrected chi connectivity index (χ4v) is 2.86. The lowest BCUT2D eigenvalue weighted by atomic mass is 10.2. The quantitative estimate of drug-likeness (QED) is 0.697. The minimum Gasteiger partial charge on any atom is -0.273 e. The molecule has 1 aliphatic heterocycles. The van der Waals surface area contributed by atoms with Crippen molar-refractivity contribution in [3.05, 3.63) is 33.0 Å². The van der Waals surface area contributed by atoms with Crippen molar-refractivity contribution in [2.75, 3.05) is 5.75 Å². The predicted octanol–water partition coefficient (Wildman–Crippen LogP) is 1.90. The first kappa shape index (κ1) is 10.0. The Morgan fingerprint density at radius 1 is 1.38 bits per heavy atom. The van der Waals surface area contributed by atoms with Crippen molar-refractivity contribution in [2.45, 2.75) is 5.16 Å². The highest BCUT2D eigenvalue weighted by molar-refractivity contribution is 9.10. The Balaban J connectivity index is 2.49. The topological polar surface area (TPSA) is 52.0 Å². The summed E-state index contributed by atoms with van der Waals surface area (Å²) in [4.78, 5) is 27.8. The molecule has 0 bridgehead atoms. The van der Waals surface area contributed by atoms with Gasteiger partial charge in [0.2, 0.25) is 5.91 Å². The van der Waals surface area contributed by atoms with E-state index >= 15 is 0 Å². The molecule has 0 radical (unpaired) electrons. The lowest BCUT2D eigenvalue weighted by molar-refractivity contribution is 0.0934. The molecule has 0 saturated heterocycles. The molecule has 2 heterocycles. The number of nitrogens with zero attached hydrogens (tertiary/aromatic N) is 2. The van der Waals surface area contributed by atoms with Crippen molar-refractivity contribution in [3.63, 3.8) is 0 Å². The number of carbonyl (C=O) groups is 1. The summed E-state index contributed by atoms with van der Waals surface area (Å²) < 4.78 is 1.96. The second kappa shape index (κ2) is 3.43. The van der Waals surface area contributed by atoms with Gasteiger partial charge in [-0.3, -0.25) is 9.59 Å². The summed E-state index contributed by atoms with van der Waals surface area (Å²) in [5, 5.41) is 0.957. The van der Waals surface area contributed by atoms with E-state index in [4.69, 9.17) is 0 Å². The molecule has 0 aliphatic carbocycles. The molecule has 1 aromatic carbocycles. The van der Waals surface area contributed by atoms with Gasteiger partial charge in [-0.15, -0.1) is 0 Å². The number of thioether (sulfide) groups is 1. The van der Waals surface area contributed by atoms with E-state index in [1.165, 1.54) is 11.8 Å². The number of rotatable bonds is 0. The summed E-state index contributed by atoms with van der Waals surface area (Å²) in [5.41, 5.74) is 0.345. The smallest absolute Gasteiger partial charge is 0.268 e. The Kier molecular flexibility index (Phi) is 2.15. The minimum absolute atomic E-state index is 0.195. The first-order valence-electron chi connectivity index (χ1n) is 4.55. The van der Waals surface area contributed by atoms with Crippen LogP contribution in [0.5, 0.6) is 0 Å². The molecule has 4 nitrogen and oxygen atoms in total. The van der Waals surface area contributed by atoms with Crippen molar-refractivity contribution in [1.82, 2.24) is 9.55 Å². The van der Waals surface area contributed by atoms with Crippen LogP contribution in [0.2, 0.25) is 0 Å². The number of aromatic nitrogens is 2. The zero-order valence-electron chi connectivity index (χ0n) is 7.94. The van der Waals surface area contributed by atoms with Crippen molar-refractivity contribution in [2.24, 2.45) is 0 Å². The Labute approximate surface area is 103 Å². The number of hydrogen-bond acceptors (Lipinski definition) is 4. The van der Waals surface area contributed by atoms with Crippen LogP contribution in [0.4, 0.5) is 0 Å². The van der Waals surface area contributed by atoms with Crippen LogP contribution in [-0.2, 0) is 0 Å². The number of carbonyl (C=O) groups excluding carboxylic acids is 1. The first-order chi connectivity index (χ1) is 7.66. The fraction of sp³-hybridized carbons (Fsp3) is 0.100. The number of fused-ring (bicyclic) bond motifs is 2. The Hall–Kier alpha value is -1.14. The molecule has 0 amide bonds. The molecule has 3 rings (SSSR count). The second-order valence-electron chi connectivity index (χ2n) is 3.38. The summed E-state index contributed by atoms with van der Waals surface area (Å²) in [7, 11) is 0. The van der Waals surface area contributed by atoms with Gasteiger partial charge in [0.1, 0.15) is 0 Å². The van der Waals surface area contributed by atoms with E-state index in [9.17, 15) is 9.59 Å². The van der Waals surface area contributed by atoms with Crippen molar-refractivity contribution >= 4 is 44.5 Å². The first-order valence-corrected chi connectivity index (χ1v) is 6.33. The molecule has 0 saturated carbocycles. The van der Waals surface area contributed by atoms with Crippen LogP contribution in [0, 0.1) is 0 Å². The van der Waals surface area contributed by atoms with Crippen LogP contribution in [0.25, 0.3) is 10.9 Å². The van der Waals surface area contributed by atoms with E-state index in [0.29, 0.717) is 21.8 Å². The molecule has 16 heavy (non-hydrogen) atoms. The maximum Gasteiger partial charge on any atom is 0.268 e. The normalized spacial score (nSPS) is 14.4. The van der Waals surface area contributed by atoms with E-state index in [1.54, 1.807) is 12.1 Å². The van der Waals surface area contributed by atoms with Crippen LogP contribution >= 0.6 is 27.7 Å². The molecule has 1 aromatic heterocycles. The molecule has 0 unspecified atom stereocenters. The molecular weight excluding hydrogens is 292 g/mol. The monoisotopic (exact) mass is 296 g/mol. The van der Waals surface area contributed by atoms with E-state index in [0.717, 1.165) is 9.04 Å². The standard InChI is InChI=1S/C10H5BrN2O2S/c11-5-1-2-7-6(3-5)9(15)13-8(14)4-16-10(13)12-7/h1-3H,4H2. The van der Waals surface area contributed by atoms with Crippen LogP contribution in [0.3, 0.4) is 0 Å². The summed E-state index contributed by atoms with van der Waals surface area (Å²) >= 11 is 4.60. The van der Waals surface area contributed by atoms with Gasteiger partial charge >= 0.3 is 0 Å². The molecule has 0 fully saturated rings. The molecule has 0 atom stereocenters. The zero-order valence-corrected chi connectivity index (χ0v) is 10.3. The third-order valence-corrected chi connectivity index (χ3v) is 3.79. The maximum absolute atomic E-state index is 12.1. The van der Waals surface area contributed by atoms with Crippen molar-refractivity contribution in [3.8, 4) is 0 Å². The molecule has 80 valence electrons. The van der Waals surface area contributed by atoms with E-state index in [2.05, 4.69) is 20.9 Å². The van der Waals surface area contributed by atoms with Gasteiger partial charge in [-0.2, -0.15) is 0 Å². The van der Waals surface area contributed by atoms with Gasteiger partial charge in [-0.05, 0) is 18.2 Å². The van der Waals surface area contributed by atoms with E-state index < -0.39 is 0 Å². The molecule has 0 spiro atoms. The van der Waals surface area contributed by atoms with Crippen LogP contribution in [0.1, 0.15) is 4.79 Å². The average molecular weight is 297 g/mol.